The number of carbonyl (C=O) groups excluding carboxylic acids is 1. The highest BCUT2D eigenvalue weighted by atomic mass is 32.2. The Bertz CT molecular complexity index is 1230. The number of rotatable bonds is 12. The maximum atomic E-state index is 13.3. The summed E-state index contributed by atoms with van der Waals surface area (Å²) in [7, 11) is 3.83. The highest BCUT2D eigenvalue weighted by Gasteiger charge is 2.30. The number of urea groups is 1. The molecule has 0 spiro atoms. The average molecular weight is 573 g/mol. The van der Waals surface area contributed by atoms with Crippen LogP contribution in [0.5, 0.6) is 5.75 Å². The lowest BCUT2D eigenvalue weighted by molar-refractivity contribution is 0.148. The zero-order chi connectivity index (χ0) is 29.4. The molecule has 0 bridgehead atoms. The summed E-state index contributed by atoms with van der Waals surface area (Å²) in [5.41, 5.74) is 3.56. The molecule has 1 fully saturated rings. The monoisotopic (exact) mass is 572 g/mol. The minimum Gasteiger partial charge on any atom is -0.496 e. The van der Waals surface area contributed by atoms with Crippen LogP contribution in [0.2, 0.25) is 0 Å². The maximum Gasteiger partial charge on any atom is 0.314 e. The summed E-state index contributed by atoms with van der Waals surface area (Å²) in [4.78, 5) is 15.1. The number of carbonyl (C=O) groups is 1. The fourth-order valence-electron chi connectivity index (χ4n) is 6.06. The third-order valence-corrected chi connectivity index (χ3v) is 10.5. The zero-order valence-electron chi connectivity index (χ0n) is 25.3. The molecule has 2 aromatic rings. The summed E-state index contributed by atoms with van der Waals surface area (Å²) in [5.74, 6) is 1.78. The molecule has 1 atom stereocenters. The summed E-state index contributed by atoms with van der Waals surface area (Å²) in [6, 6.07) is 12.7. The van der Waals surface area contributed by atoms with Gasteiger partial charge in [0.1, 0.15) is 5.75 Å². The van der Waals surface area contributed by atoms with Gasteiger partial charge in [0.15, 0.2) is 0 Å². The van der Waals surface area contributed by atoms with Crippen molar-refractivity contribution in [3.63, 3.8) is 0 Å². The first kappa shape index (κ1) is 31.9. The van der Waals surface area contributed by atoms with Gasteiger partial charge in [-0.05, 0) is 107 Å². The second kappa shape index (κ2) is 14.3. The lowest BCUT2D eigenvalue weighted by Gasteiger charge is -2.37. The molecule has 2 N–H and O–H groups in total. The van der Waals surface area contributed by atoms with Crippen molar-refractivity contribution >= 4 is 16.1 Å². The molecule has 2 amide bonds. The smallest absolute Gasteiger partial charge is 0.314 e. The molecule has 1 unspecified atom stereocenters. The Morgan fingerprint density at radius 3 is 2.25 bits per heavy atom. The van der Waals surface area contributed by atoms with Gasteiger partial charge >= 0.3 is 6.03 Å². The first-order valence-electron chi connectivity index (χ1n) is 14.3. The fraction of sp³-hybridized carbons (Fsp3) is 0.581. The maximum absolute atomic E-state index is 13.3. The molecule has 222 valence electrons. The lowest BCUT2D eigenvalue weighted by Crippen LogP contribution is -2.40. The molecule has 0 saturated heterocycles. The highest BCUT2D eigenvalue weighted by molar-refractivity contribution is 7.89. The number of nitrogens with one attached hydrogen (secondary N) is 2. The molecule has 0 aromatic heterocycles. The Kier molecular flexibility index (Phi) is 11.4. The first-order valence-corrected chi connectivity index (χ1v) is 15.8. The number of amides is 2. The van der Waals surface area contributed by atoms with Crippen LogP contribution in [0.15, 0.2) is 41.3 Å². The topological polar surface area (TPSA) is 91.0 Å². The molecule has 1 aliphatic carbocycles. The summed E-state index contributed by atoms with van der Waals surface area (Å²) >= 11 is 0. The van der Waals surface area contributed by atoms with Gasteiger partial charge in [0.25, 0.3) is 0 Å². The van der Waals surface area contributed by atoms with E-state index in [2.05, 4.69) is 60.0 Å². The van der Waals surface area contributed by atoms with Crippen LogP contribution < -0.4 is 15.4 Å². The number of methoxy groups -OCH3 is 1. The zero-order valence-corrected chi connectivity index (χ0v) is 26.1. The molecule has 1 saturated carbocycles. The number of hydrogen-bond donors (Lipinski definition) is 2. The highest BCUT2D eigenvalue weighted by Crippen LogP contribution is 2.39. The first-order chi connectivity index (χ1) is 19.0. The fourth-order valence-corrected chi connectivity index (χ4v) is 7.75. The summed E-state index contributed by atoms with van der Waals surface area (Å²) in [6.07, 6.45) is 5.04. The van der Waals surface area contributed by atoms with Crippen molar-refractivity contribution in [1.82, 2.24) is 19.8 Å². The van der Waals surface area contributed by atoms with Gasteiger partial charge in [-0.2, -0.15) is 0 Å². The Balaban J connectivity index is 1.40. The molecule has 0 aliphatic heterocycles. The number of benzene rings is 2. The average Bonchev–Trinajstić information content (AvgIpc) is 2.93. The molecular weight excluding hydrogens is 524 g/mol. The molecule has 8 nitrogen and oxygen atoms in total. The lowest BCUT2D eigenvalue weighted by atomic mass is 9.76. The molecule has 40 heavy (non-hydrogen) atoms. The number of nitrogens with zero attached hydrogens (tertiary/aromatic N) is 2. The van der Waals surface area contributed by atoms with E-state index in [0.29, 0.717) is 65.7 Å². The van der Waals surface area contributed by atoms with E-state index in [1.54, 1.807) is 27.1 Å². The third-order valence-electron chi connectivity index (χ3n) is 8.39. The van der Waals surface area contributed by atoms with E-state index in [0.717, 1.165) is 31.2 Å². The minimum absolute atomic E-state index is 0.194. The van der Waals surface area contributed by atoms with Gasteiger partial charge in [-0.25, -0.2) is 17.5 Å². The van der Waals surface area contributed by atoms with Crippen LogP contribution in [0, 0.1) is 32.6 Å². The van der Waals surface area contributed by atoms with Crippen molar-refractivity contribution < 1.29 is 17.9 Å². The van der Waals surface area contributed by atoms with Crippen molar-refractivity contribution in [2.75, 3.05) is 47.9 Å². The van der Waals surface area contributed by atoms with Gasteiger partial charge in [-0.1, -0.05) is 30.3 Å². The van der Waals surface area contributed by atoms with Crippen molar-refractivity contribution in [3.05, 3.63) is 58.7 Å². The number of hydrogen-bond acceptors (Lipinski definition) is 5. The number of aryl methyl sites for hydroxylation is 1. The van der Waals surface area contributed by atoms with Gasteiger partial charge in [-0.3, -0.25) is 0 Å². The summed E-state index contributed by atoms with van der Waals surface area (Å²) in [5, 5.41) is 5.91. The molecular formula is C31H48N4O4S. The molecule has 2 aromatic carbocycles. The van der Waals surface area contributed by atoms with Gasteiger partial charge in [0.05, 0.1) is 12.0 Å². The van der Waals surface area contributed by atoms with E-state index < -0.39 is 10.0 Å². The van der Waals surface area contributed by atoms with Gasteiger partial charge in [0, 0.05) is 32.7 Å². The predicted octanol–water partition coefficient (Wildman–Crippen LogP) is 5.04. The van der Waals surface area contributed by atoms with Crippen LogP contribution in [0.25, 0.3) is 0 Å². The second-order valence-corrected chi connectivity index (χ2v) is 13.4. The number of sulfonamides is 1. The Morgan fingerprint density at radius 1 is 1.00 bits per heavy atom. The standard InChI is InChI=1S/C31H48N4O4S/c1-22-20-28(39-7)23(2)24(3)30(22)40(37,38)35(6)19-11-18-32-31(36)33-21-25-14-16-27(17-15-25)29(34(4)5)26-12-9-8-10-13-26/h8-10,12-13,20,25,27,29H,11,14-19,21H2,1-7H3,(H2,32,33,36). The quantitative estimate of drug-likeness (QED) is 0.348. The molecule has 9 heteroatoms. The van der Waals surface area contributed by atoms with Crippen LogP contribution in [-0.2, 0) is 10.0 Å². The van der Waals surface area contributed by atoms with Crippen molar-refractivity contribution in [2.24, 2.45) is 11.8 Å². The van der Waals surface area contributed by atoms with Crippen molar-refractivity contribution in [1.29, 1.82) is 0 Å². The molecule has 0 heterocycles. The van der Waals surface area contributed by atoms with E-state index in [9.17, 15) is 13.2 Å². The summed E-state index contributed by atoms with van der Waals surface area (Å²) in [6.45, 7) is 6.85. The Hall–Kier alpha value is -2.62. The van der Waals surface area contributed by atoms with Crippen molar-refractivity contribution in [3.8, 4) is 5.75 Å². The second-order valence-electron chi connectivity index (χ2n) is 11.4. The van der Waals surface area contributed by atoms with Crippen molar-refractivity contribution in [2.45, 2.75) is 63.8 Å². The van der Waals surface area contributed by atoms with E-state index >= 15 is 0 Å². The van der Waals surface area contributed by atoms with Crippen LogP contribution in [-0.4, -0.2) is 71.5 Å². The molecule has 0 radical (unpaired) electrons. The number of ether oxygens (including phenoxy) is 1. The van der Waals surface area contributed by atoms with Gasteiger partial charge in [0.2, 0.25) is 10.0 Å². The Morgan fingerprint density at radius 2 is 1.65 bits per heavy atom. The molecule has 3 rings (SSSR count). The van der Waals surface area contributed by atoms with Crippen LogP contribution in [0.1, 0.15) is 60.4 Å². The van der Waals surface area contributed by atoms with Crippen LogP contribution in [0.4, 0.5) is 4.79 Å². The molecule has 1 aliphatic rings. The van der Waals surface area contributed by atoms with Crippen LogP contribution in [0.3, 0.4) is 0 Å². The minimum atomic E-state index is -3.66. The summed E-state index contributed by atoms with van der Waals surface area (Å²) < 4.78 is 33.3. The largest absolute Gasteiger partial charge is 0.496 e. The van der Waals surface area contributed by atoms with E-state index in [4.69, 9.17) is 4.74 Å². The predicted molar refractivity (Wildman–Crippen MR) is 161 cm³/mol. The van der Waals surface area contributed by atoms with E-state index in [1.807, 2.05) is 13.8 Å². The van der Waals surface area contributed by atoms with Gasteiger partial charge in [-0.15, -0.1) is 0 Å². The van der Waals surface area contributed by atoms with Gasteiger partial charge < -0.3 is 20.3 Å². The SMILES string of the molecule is COc1cc(C)c(S(=O)(=O)N(C)CCCNC(=O)NCC2CCC(C(c3ccccc3)N(C)C)CC2)c(C)c1C. The normalized spacial score (nSPS) is 18.5. The third kappa shape index (κ3) is 7.77. The van der Waals surface area contributed by atoms with Crippen LogP contribution >= 0.6 is 0 Å². The van der Waals surface area contributed by atoms with E-state index in [1.165, 1.54) is 9.87 Å². The Labute approximate surface area is 241 Å². The van der Waals surface area contributed by atoms with E-state index in [-0.39, 0.29) is 6.03 Å².